The highest BCUT2D eigenvalue weighted by molar-refractivity contribution is 6.30. The van der Waals surface area contributed by atoms with Crippen LogP contribution in [0.3, 0.4) is 0 Å². The number of aromatic amines is 1. The smallest absolute Gasteiger partial charge is 0.248 e. The number of nitrogens with one attached hydrogen (secondary N) is 3. The zero-order valence-corrected chi connectivity index (χ0v) is 14.3. The summed E-state index contributed by atoms with van der Waals surface area (Å²) < 4.78 is 0. The number of H-pyrrole nitrogens is 1. The zero-order valence-electron chi connectivity index (χ0n) is 13.5. The van der Waals surface area contributed by atoms with Crippen LogP contribution in [0.1, 0.15) is 12.5 Å². The van der Waals surface area contributed by atoms with E-state index in [-0.39, 0.29) is 18.2 Å². The summed E-state index contributed by atoms with van der Waals surface area (Å²) in [7, 11) is 0. The molecule has 2 aromatic carbocycles. The first kappa shape index (κ1) is 17.0. The molecule has 1 aromatic heterocycles. The summed E-state index contributed by atoms with van der Waals surface area (Å²) in [6, 6.07) is 13.8. The topological polar surface area (TPSA) is 86.9 Å². The van der Waals surface area contributed by atoms with Crippen LogP contribution in [0.4, 0.5) is 5.95 Å². The van der Waals surface area contributed by atoms with E-state index in [9.17, 15) is 9.59 Å². The van der Waals surface area contributed by atoms with Gasteiger partial charge in [0.1, 0.15) is 6.04 Å². The zero-order chi connectivity index (χ0) is 17.8. The molecular formula is C18H17ClN4O2. The lowest BCUT2D eigenvalue weighted by atomic mass is 10.1. The van der Waals surface area contributed by atoms with Crippen LogP contribution in [0, 0.1) is 0 Å². The summed E-state index contributed by atoms with van der Waals surface area (Å²) >= 11 is 5.82. The minimum Gasteiger partial charge on any atom is -0.344 e. The SMILES string of the molecule is C[C@@H](NC(=O)Cc1ccc(Cl)cc1)C(=O)Nc1nc2ccccc2[nH]1. The summed E-state index contributed by atoms with van der Waals surface area (Å²) in [5.74, 6) is -0.233. The van der Waals surface area contributed by atoms with Gasteiger partial charge in [-0.05, 0) is 36.8 Å². The van der Waals surface area contributed by atoms with Crippen LogP contribution >= 0.6 is 11.6 Å². The third-order valence-corrected chi connectivity index (χ3v) is 3.93. The van der Waals surface area contributed by atoms with Gasteiger partial charge in [0.15, 0.2) is 0 Å². The first-order valence-corrected chi connectivity index (χ1v) is 8.18. The highest BCUT2D eigenvalue weighted by Gasteiger charge is 2.17. The monoisotopic (exact) mass is 356 g/mol. The molecule has 0 aliphatic rings. The molecule has 0 fully saturated rings. The number of fused-ring (bicyclic) bond motifs is 1. The summed E-state index contributed by atoms with van der Waals surface area (Å²) in [6.07, 6.45) is 0.180. The Kier molecular flexibility index (Phi) is 5.00. The molecule has 0 saturated carbocycles. The second-order valence-corrected chi connectivity index (χ2v) is 6.12. The van der Waals surface area contributed by atoms with Gasteiger partial charge in [-0.15, -0.1) is 0 Å². The van der Waals surface area contributed by atoms with Gasteiger partial charge in [0.25, 0.3) is 0 Å². The molecule has 0 spiro atoms. The Morgan fingerprint density at radius 2 is 1.88 bits per heavy atom. The number of amides is 2. The second-order valence-electron chi connectivity index (χ2n) is 5.68. The number of benzene rings is 2. The highest BCUT2D eigenvalue weighted by atomic mass is 35.5. The number of nitrogens with zero attached hydrogens (tertiary/aromatic N) is 1. The van der Waals surface area contributed by atoms with Crippen LogP contribution in [0.15, 0.2) is 48.5 Å². The maximum absolute atomic E-state index is 12.2. The standard InChI is InChI=1S/C18H17ClN4O2/c1-11(20-16(24)10-12-6-8-13(19)9-7-12)17(25)23-18-21-14-4-2-3-5-15(14)22-18/h2-9,11H,10H2,1H3,(H,20,24)(H2,21,22,23,25)/t11-/m1/s1. The van der Waals surface area contributed by atoms with E-state index in [1.165, 1.54) is 0 Å². The van der Waals surface area contributed by atoms with Crippen molar-refractivity contribution in [3.8, 4) is 0 Å². The number of rotatable bonds is 5. The minimum absolute atomic E-state index is 0.180. The Hall–Kier alpha value is -2.86. The lowest BCUT2D eigenvalue weighted by molar-refractivity contribution is -0.125. The molecule has 1 heterocycles. The fourth-order valence-corrected chi connectivity index (χ4v) is 2.51. The molecule has 0 aliphatic carbocycles. The van der Waals surface area contributed by atoms with E-state index in [1.807, 2.05) is 24.3 Å². The maximum atomic E-state index is 12.2. The summed E-state index contributed by atoms with van der Waals surface area (Å²) in [4.78, 5) is 31.6. The van der Waals surface area contributed by atoms with Crippen LogP contribution in [-0.4, -0.2) is 27.8 Å². The molecule has 0 unspecified atom stereocenters. The van der Waals surface area contributed by atoms with Gasteiger partial charge in [-0.25, -0.2) is 4.98 Å². The Morgan fingerprint density at radius 3 is 2.60 bits per heavy atom. The predicted octanol–water partition coefficient (Wildman–Crippen LogP) is 2.90. The second kappa shape index (κ2) is 7.36. The molecule has 2 amide bonds. The van der Waals surface area contributed by atoms with Crippen LogP contribution < -0.4 is 10.6 Å². The fraction of sp³-hybridized carbons (Fsp3) is 0.167. The van der Waals surface area contributed by atoms with Crippen molar-refractivity contribution >= 4 is 40.4 Å². The van der Waals surface area contributed by atoms with Gasteiger partial charge in [-0.1, -0.05) is 35.9 Å². The number of aromatic nitrogens is 2. The van der Waals surface area contributed by atoms with Gasteiger partial charge >= 0.3 is 0 Å². The van der Waals surface area contributed by atoms with Crippen LogP contribution in [0.25, 0.3) is 11.0 Å². The van der Waals surface area contributed by atoms with Crippen molar-refractivity contribution in [2.75, 3.05) is 5.32 Å². The molecule has 6 nitrogen and oxygen atoms in total. The summed E-state index contributed by atoms with van der Waals surface area (Å²) in [5.41, 5.74) is 2.42. The van der Waals surface area contributed by atoms with Crippen molar-refractivity contribution in [2.24, 2.45) is 0 Å². The molecular weight excluding hydrogens is 340 g/mol. The predicted molar refractivity (Wildman–Crippen MR) is 97.5 cm³/mol. The van der Waals surface area contributed by atoms with Gasteiger partial charge < -0.3 is 10.3 Å². The molecule has 128 valence electrons. The Balaban J connectivity index is 1.56. The molecule has 3 aromatic rings. The van der Waals surface area contributed by atoms with E-state index in [2.05, 4.69) is 20.6 Å². The van der Waals surface area contributed by atoms with E-state index < -0.39 is 6.04 Å². The van der Waals surface area contributed by atoms with Crippen molar-refractivity contribution in [1.29, 1.82) is 0 Å². The average molecular weight is 357 g/mol. The van der Waals surface area contributed by atoms with Crippen molar-refractivity contribution < 1.29 is 9.59 Å². The van der Waals surface area contributed by atoms with Gasteiger partial charge in [-0.2, -0.15) is 0 Å². The summed E-state index contributed by atoms with van der Waals surface area (Å²) in [5, 5.41) is 5.95. The van der Waals surface area contributed by atoms with E-state index >= 15 is 0 Å². The van der Waals surface area contributed by atoms with Crippen molar-refractivity contribution in [3.05, 3.63) is 59.1 Å². The Morgan fingerprint density at radius 1 is 1.16 bits per heavy atom. The third kappa shape index (κ3) is 4.36. The van der Waals surface area contributed by atoms with Crippen LogP contribution in [-0.2, 0) is 16.0 Å². The van der Waals surface area contributed by atoms with E-state index in [4.69, 9.17) is 11.6 Å². The molecule has 7 heteroatoms. The van der Waals surface area contributed by atoms with Gasteiger partial charge in [-0.3, -0.25) is 14.9 Å². The molecule has 3 rings (SSSR count). The number of carbonyl (C=O) groups excluding carboxylic acids is 2. The number of carbonyl (C=O) groups is 2. The van der Waals surface area contributed by atoms with E-state index in [0.29, 0.717) is 11.0 Å². The number of hydrogen-bond acceptors (Lipinski definition) is 3. The van der Waals surface area contributed by atoms with Gasteiger partial charge in [0.2, 0.25) is 17.8 Å². The molecule has 0 bridgehead atoms. The maximum Gasteiger partial charge on any atom is 0.248 e. The largest absolute Gasteiger partial charge is 0.344 e. The van der Waals surface area contributed by atoms with Crippen LogP contribution in [0.2, 0.25) is 5.02 Å². The minimum atomic E-state index is -0.687. The Labute approximate surface area is 149 Å². The van der Waals surface area contributed by atoms with Crippen molar-refractivity contribution in [1.82, 2.24) is 15.3 Å². The van der Waals surface area contributed by atoms with Crippen molar-refractivity contribution in [3.63, 3.8) is 0 Å². The molecule has 0 aliphatic heterocycles. The summed E-state index contributed by atoms with van der Waals surface area (Å²) in [6.45, 7) is 1.62. The molecule has 3 N–H and O–H groups in total. The average Bonchev–Trinajstić information content (AvgIpc) is 2.99. The number of halogens is 1. The number of hydrogen-bond donors (Lipinski definition) is 3. The Bertz CT molecular complexity index is 872. The normalized spacial score (nSPS) is 11.9. The first-order chi connectivity index (χ1) is 12.0. The highest BCUT2D eigenvalue weighted by Crippen LogP contribution is 2.13. The lowest BCUT2D eigenvalue weighted by Gasteiger charge is -2.13. The lowest BCUT2D eigenvalue weighted by Crippen LogP contribution is -2.42. The quantitative estimate of drug-likeness (QED) is 0.657. The third-order valence-electron chi connectivity index (χ3n) is 3.68. The number of imidazole rings is 1. The van der Waals surface area contributed by atoms with E-state index in [1.54, 1.807) is 31.2 Å². The number of anilines is 1. The van der Waals surface area contributed by atoms with Crippen molar-refractivity contribution in [2.45, 2.75) is 19.4 Å². The fourth-order valence-electron chi connectivity index (χ4n) is 2.38. The molecule has 0 saturated heterocycles. The van der Waals surface area contributed by atoms with Gasteiger partial charge in [0, 0.05) is 5.02 Å². The first-order valence-electron chi connectivity index (χ1n) is 7.80. The van der Waals surface area contributed by atoms with Gasteiger partial charge in [0.05, 0.1) is 17.5 Å². The van der Waals surface area contributed by atoms with Crippen LogP contribution in [0.5, 0.6) is 0 Å². The molecule has 25 heavy (non-hydrogen) atoms. The molecule has 1 atom stereocenters. The van der Waals surface area contributed by atoms with E-state index in [0.717, 1.165) is 16.6 Å². The number of para-hydroxylation sites is 2. The molecule has 0 radical (unpaired) electrons.